The Morgan fingerprint density at radius 1 is 1.13 bits per heavy atom. The van der Waals surface area contributed by atoms with Gasteiger partial charge in [-0.1, -0.05) is 36.0 Å². The Hall–Kier alpha value is -3.32. The number of carbonyl (C=O) groups excluding carboxylic acids is 1. The van der Waals surface area contributed by atoms with Crippen LogP contribution in [0, 0.1) is 0 Å². The number of amides is 1. The van der Waals surface area contributed by atoms with Crippen LogP contribution >= 0.6 is 11.8 Å². The van der Waals surface area contributed by atoms with Crippen molar-refractivity contribution in [2.24, 2.45) is 0 Å². The summed E-state index contributed by atoms with van der Waals surface area (Å²) >= 11 is 1.49. The van der Waals surface area contributed by atoms with Crippen molar-refractivity contribution in [1.82, 2.24) is 14.9 Å². The SMILES string of the molecule is CC(C)n1c(SCc2cccc(C(=O)NCc3ccco3)c2)nc2ccccc2c1=O. The van der Waals surface area contributed by atoms with Crippen LogP contribution < -0.4 is 10.9 Å². The van der Waals surface area contributed by atoms with E-state index in [9.17, 15) is 9.59 Å². The van der Waals surface area contributed by atoms with Crippen molar-refractivity contribution in [3.63, 3.8) is 0 Å². The number of para-hydroxylation sites is 1. The molecule has 0 fully saturated rings. The van der Waals surface area contributed by atoms with Gasteiger partial charge in [0.15, 0.2) is 5.16 Å². The van der Waals surface area contributed by atoms with Crippen molar-refractivity contribution < 1.29 is 9.21 Å². The van der Waals surface area contributed by atoms with Gasteiger partial charge in [-0.2, -0.15) is 0 Å². The highest BCUT2D eigenvalue weighted by Crippen LogP contribution is 2.24. The minimum atomic E-state index is -0.161. The summed E-state index contributed by atoms with van der Waals surface area (Å²) in [6, 6.07) is 18.5. The maximum atomic E-state index is 13.0. The van der Waals surface area contributed by atoms with Gasteiger partial charge in [-0.3, -0.25) is 14.2 Å². The van der Waals surface area contributed by atoms with E-state index in [1.807, 2.05) is 62.4 Å². The first-order valence-corrected chi connectivity index (χ1v) is 11.0. The highest BCUT2D eigenvalue weighted by molar-refractivity contribution is 7.98. The lowest BCUT2D eigenvalue weighted by molar-refractivity contribution is 0.0948. The van der Waals surface area contributed by atoms with Crippen LogP contribution in [-0.4, -0.2) is 15.5 Å². The van der Waals surface area contributed by atoms with E-state index in [2.05, 4.69) is 5.32 Å². The molecule has 2 heterocycles. The van der Waals surface area contributed by atoms with Crippen molar-refractivity contribution >= 4 is 28.6 Å². The highest BCUT2D eigenvalue weighted by atomic mass is 32.2. The molecule has 4 aromatic rings. The van der Waals surface area contributed by atoms with Gasteiger partial charge in [0.2, 0.25) is 0 Å². The van der Waals surface area contributed by atoms with Crippen LogP contribution in [0.25, 0.3) is 10.9 Å². The summed E-state index contributed by atoms with van der Waals surface area (Å²) in [6.07, 6.45) is 1.58. The lowest BCUT2D eigenvalue weighted by Crippen LogP contribution is -2.25. The Bertz CT molecular complexity index is 1260. The molecule has 0 saturated heterocycles. The number of furan rings is 1. The molecule has 0 aliphatic rings. The molecule has 31 heavy (non-hydrogen) atoms. The molecule has 6 nitrogen and oxygen atoms in total. The Labute approximate surface area is 184 Å². The van der Waals surface area contributed by atoms with Gasteiger partial charge in [0.25, 0.3) is 11.5 Å². The standard InChI is InChI=1S/C24H23N3O3S/c1-16(2)27-23(29)20-10-3-4-11-21(20)26-24(27)31-15-17-7-5-8-18(13-17)22(28)25-14-19-9-6-12-30-19/h3-13,16H,14-15H2,1-2H3,(H,25,28). The second-order valence-corrected chi connectivity index (χ2v) is 8.37. The van der Waals surface area contributed by atoms with E-state index in [0.29, 0.717) is 39.7 Å². The highest BCUT2D eigenvalue weighted by Gasteiger charge is 2.14. The molecule has 0 unspecified atom stereocenters. The number of rotatable bonds is 7. The predicted molar refractivity (Wildman–Crippen MR) is 122 cm³/mol. The van der Waals surface area contributed by atoms with E-state index >= 15 is 0 Å². The summed E-state index contributed by atoms with van der Waals surface area (Å²) < 4.78 is 6.98. The Morgan fingerprint density at radius 2 is 1.97 bits per heavy atom. The number of nitrogens with zero attached hydrogens (tertiary/aromatic N) is 2. The fraction of sp³-hybridized carbons (Fsp3) is 0.208. The fourth-order valence-corrected chi connectivity index (χ4v) is 4.39. The largest absolute Gasteiger partial charge is 0.467 e. The van der Waals surface area contributed by atoms with E-state index in [0.717, 1.165) is 5.56 Å². The van der Waals surface area contributed by atoms with Crippen LogP contribution in [0.2, 0.25) is 0 Å². The molecule has 0 spiro atoms. The van der Waals surface area contributed by atoms with Crippen molar-refractivity contribution in [1.29, 1.82) is 0 Å². The summed E-state index contributed by atoms with van der Waals surface area (Å²) in [4.78, 5) is 30.2. The molecule has 0 atom stereocenters. The van der Waals surface area contributed by atoms with Crippen LogP contribution in [0.3, 0.4) is 0 Å². The van der Waals surface area contributed by atoms with Crippen LogP contribution in [0.15, 0.2) is 81.3 Å². The maximum Gasteiger partial charge on any atom is 0.262 e. The zero-order valence-electron chi connectivity index (χ0n) is 17.4. The molecule has 2 aromatic carbocycles. The number of fused-ring (bicyclic) bond motifs is 1. The summed E-state index contributed by atoms with van der Waals surface area (Å²) in [5.41, 5.74) is 2.22. The van der Waals surface area contributed by atoms with E-state index in [4.69, 9.17) is 9.40 Å². The molecule has 0 saturated carbocycles. The summed E-state index contributed by atoms with van der Waals surface area (Å²) in [6.45, 7) is 4.30. The lowest BCUT2D eigenvalue weighted by Gasteiger charge is -2.16. The van der Waals surface area contributed by atoms with E-state index in [1.54, 1.807) is 23.0 Å². The predicted octanol–water partition coefficient (Wildman–Crippen LogP) is 4.79. The van der Waals surface area contributed by atoms with Gasteiger partial charge >= 0.3 is 0 Å². The van der Waals surface area contributed by atoms with Gasteiger partial charge in [0, 0.05) is 17.4 Å². The van der Waals surface area contributed by atoms with Crippen LogP contribution in [0.1, 0.15) is 41.6 Å². The number of hydrogen-bond acceptors (Lipinski definition) is 5. The zero-order valence-corrected chi connectivity index (χ0v) is 18.2. The number of carbonyl (C=O) groups is 1. The maximum absolute atomic E-state index is 13.0. The van der Waals surface area contributed by atoms with Crippen molar-refractivity contribution in [2.75, 3.05) is 0 Å². The second kappa shape index (κ2) is 9.22. The molecular weight excluding hydrogens is 410 g/mol. The number of nitrogens with one attached hydrogen (secondary N) is 1. The third kappa shape index (κ3) is 4.72. The molecule has 4 rings (SSSR count). The van der Waals surface area contributed by atoms with Gasteiger partial charge in [-0.05, 0) is 55.8 Å². The molecule has 0 aliphatic carbocycles. The quantitative estimate of drug-likeness (QED) is 0.335. The van der Waals surface area contributed by atoms with Crippen LogP contribution in [0.4, 0.5) is 0 Å². The molecule has 7 heteroatoms. The number of aromatic nitrogens is 2. The molecule has 0 bridgehead atoms. The second-order valence-electron chi connectivity index (χ2n) is 7.43. The summed E-state index contributed by atoms with van der Waals surface area (Å²) in [5.74, 6) is 1.14. The first-order valence-electron chi connectivity index (χ1n) is 10.1. The molecular formula is C24H23N3O3S. The van der Waals surface area contributed by atoms with Crippen molar-refractivity contribution in [2.45, 2.75) is 37.3 Å². The fourth-order valence-electron chi connectivity index (χ4n) is 3.32. The first-order chi connectivity index (χ1) is 15.0. The molecule has 1 N–H and O–H groups in total. The van der Waals surface area contributed by atoms with Gasteiger partial charge in [0.1, 0.15) is 5.76 Å². The van der Waals surface area contributed by atoms with Gasteiger partial charge in [0.05, 0.1) is 23.7 Å². The molecule has 158 valence electrons. The van der Waals surface area contributed by atoms with Gasteiger partial charge < -0.3 is 9.73 Å². The summed E-state index contributed by atoms with van der Waals surface area (Å²) in [7, 11) is 0. The number of thioether (sulfide) groups is 1. The molecule has 2 aromatic heterocycles. The Kier molecular flexibility index (Phi) is 6.23. The van der Waals surface area contributed by atoms with Gasteiger partial charge in [-0.25, -0.2) is 4.98 Å². The van der Waals surface area contributed by atoms with E-state index in [-0.39, 0.29) is 17.5 Å². The Balaban J connectivity index is 1.52. The zero-order chi connectivity index (χ0) is 21.8. The molecule has 1 amide bonds. The smallest absolute Gasteiger partial charge is 0.262 e. The normalized spacial score (nSPS) is 11.2. The average molecular weight is 434 g/mol. The van der Waals surface area contributed by atoms with Gasteiger partial charge in [-0.15, -0.1) is 0 Å². The molecule has 0 aliphatic heterocycles. The Morgan fingerprint density at radius 3 is 2.74 bits per heavy atom. The third-order valence-corrected chi connectivity index (χ3v) is 5.88. The lowest BCUT2D eigenvalue weighted by atomic mass is 10.1. The molecule has 0 radical (unpaired) electrons. The average Bonchev–Trinajstić information content (AvgIpc) is 3.30. The number of benzene rings is 2. The minimum Gasteiger partial charge on any atom is -0.467 e. The van der Waals surface area contributed by atoms with E-state index in [1.165, 1.54) is 11.8 Å². The monoisotopic (exact) mass is 433 g/mol. The van der Waals surface area contributed by atoms with Crippen molar-refractivity contribution in [3.05, 3.63) is 94.2 Å². The topological polar surface area (TPSA) is 77.1 Å². The van der Waals surface area contributed by atoms with Crippen LogP contribution in [0.5, 0.6) is 0 Å². The first kappa shape index (κ1) is 20.9. The summed E-state index contributed by atoms with van der Waals surface area (Å²) in [5, 5.41) is 4.15. The number of hydrogen-bond donors (Lipinski definition) is 1. The van der Waals surface area contributed by atoms with E-state index < -0.39 is 0 Å². The third-order valence-electron chi connectivity index (χ3n) is 4.85. The van der Waals surface area contributed by atoms with Crippen molar-refractivity contribution in [3.8, 4) is 0 Å². The van der Waals surface area contributed by atoms with Crippen LogP contribution in [-0.2, 0) is 12.3 Å². The minimum absolute atomic E-state index is 0.00850.